The average molecular weight is 451 g/mol. The summed E-state index contributed by atoms with van der Waals surface area (Å²) in [4.78, 5) is 15.0. The van der Waals surface area contributed by atoms with Crippen LogP contribution in [0.2, 0.25) is 0 Å². The van der Waals surface area contributed by atoms with Crippen LogP contribution in [0.3, 0.4) is 0 Å². The number of benzene rings is 3. The maximum absolute atomic E-state index is 13.3. The number of sulfonamides is 1. The number of nitrogens with zero attached hydrogens (tertiary/aromatic N) is 2. The first-order chi connectivity index (χ1) is 15.3. The first kappa shape index (κ1) is 21.9. The van der Waals surface area contributed by atoms with Crippen molar-refractivity contribution in [1.82, 2.24) is 4.90 Å². The second kappa shape index (κ2) is 9.04. The number of carbonyl (C=O) groups excluding carboxylic acids is 1. The van der Waals surface area contributed by atoms with Crippen molar-refractivity contribution in [2.75, 3.05) is 17.1 Å². The van der Waals surface area contributed by atoms with Gasteiger partial charge >= 0.3 is 0 Å². The molecule has 4 rings (SSSR count). The van der Waals surface area contributed by atoms with E-state index in [1.807, 2.05) is 48.5 Å². The Hall–Kier alpha value is -3.32. The normalized spacial score (nSPS) is 14.4. The van der Waals surface area contributed by atoms with E-state index in [-0.39, 0.29) is 5.91 Å². The Labute approximate surface area is 189 Å². The van der Waals surface area contributed by atoms with Gasteiger partial charge in [-0.2, -0.15) is 0 Å². The number of fused-ring (bicyclic) bond motifs is 1. The maximum Gasteiger partial charge on any atom is 0.246 e. The minimum Gasteiger partial charge on any atom is -0.457 e. The Morgan fingerprint density at radius 1 is 0.906 bits per heavy atom. The highest BCUT2D eigenvalue weighted by atomic mass is 32.2. The standard InChI is InChI=1S/C25H26N2O4S/c1-19(25(28)26-17-16-20-8-6-7-9-21(20)18-26)27(32(2,29)30)22-12-14-24(15-13-22)31-23-10-4-3-5-11-23/h3-15,19H,16-18H2,1-2H3/t19-/m0/s1. The number of ether oxygens (including phenoxy) is 1. The van der Waals surface area contributed by atoms with E-state index in [1.54, 1.807) is 36.1 Å². The predicted octanol–water partition coefficient (Wildman–Crippen LogP) is 4.22. The van der Waals surface area contributed by atoms with Crippen LogP contribution >= 0.6 is 0 Å². The molecule has 0 fully saturated rings. The molecule has 0 saturated carbocycles. The van der Waals surface area contributed by atoms with Gasteiger partial charge in [-0.05, 0) is 60.9 Å². The fourth-order valence-corrected chi connectivity index (χ4v) is 5.21. The fourth-order valence-electron chi connectivity index (χ4n) is 4.04. The molecule has 7 heteroatoms. The van der Waals surface area contributed by atoms with Crippen LogP contribution in [0.15, 0.2) is 78.9 Å². The predicted molar refractivity (Wildman–Crippen MR) is 125 cm³/mol. The van der Waals surface area contributed by atoms with Crippen molar-refractivity contribution in [1.29, 1.82) is 0 Å². The van der Waals surface area contributed by atoms with Crippen LogP contribution in [0.4, 0.5) is 5.69 Å². The van der Waals surface area contributed by atoms with Crippen LogP contribution in [0.5, 0.6) is 11.5 Å². The molecule has 0 aliphatic carbocycles. The van der Waals surface area contributed by atoms with E-state index in [1.165, 1.54) is 9.87 Å². The van der Waals surface area contributed by atoms with E-state index in [4.69, 9.17) is 4.74 Å². The number of carbonyl (C=O) groups is 1. The second-order valence-corrected chi connectivity index (χ2v) is 9.78. The smallest absolute Gasteiger partial charge is 0.246 e. The highest BCUT2D eigenvalue weighted by Gasteiger charge is 2.33. The second-order valence-electron chi connectivity index (χ2n) is 7.92. The Kier molecular flexibility index (Phi) is 6.19. The lowest BCUT2D eigenvalue weighted by atomic mass is 9.99. The molecule has 0 saturated heterocycles. The van der Waals surface area contributed by atoms with Gasteiger partial charge in [0.15, 0.2) is 0 Å². The fraction of sp³-hybridized carbons (Fsp3) is 0.240. The van der Waals surface area contributed by atoms with Crippen LogP contribution in [0.25, 0.3) is 0 Å². The first-order valence-electron chi connectivity index (χ1n) is 10.5. The lowest BCUT2D eigenvalue weighted by Crippen LogP contribution is -2.50. The Balaban J connectivity index is 1.54. The van der Waals surface area contributed by atoms with Gasteiger partial charge in [0.05, 0.1) is 11.9 Å². The summed E-state index contributed by atoms with van der Waals surface area (Å²) in [7, 11) is -3.69. The Bertz CT molecular complexity index is 1190. The van der Waals surface area contributed by atoms with Crippen molar-refractivity contribution in [2.24, 2.45) is 0 Å². The number of para-hydroxylation sites is 1. The van der Waals surface area contributed by atoms with Crippen molar-refractivity contribution in [3.63, 3.8) is 0 Å². The van der Waals surface area contributed by atoms with E-state index < -0.39 is 16.1 Å². The molecule has 0 aromatic heterocycles. The average Bonchev–Trinajstić information content (AvgIpc) is 2.79. The maximum atomic E-state index is 13.3. The quantitative estimate of drug-likeness (QED) is 0.564. The zero-order valence-electron chi connectivity index (χ0n) is 18.1. The molecule has 0 unspecified atom stereocenters. The van der Waals surface area contributed by atoms with E-state index in [9.17, 15) is 13.2 Å². The molecular formula is C25H26N2O4S. The molecule has 1 atom stereocenters. The minimum absolute atomic E-state index is 0.213. The van der Waals surface area contributed by atoms with Crippen molar-refractivity contribution >= 4 is 21.6 Å². The molecule has 3 aromatic rings. The summed E-state index contributed by atoms with van der Waals surface area (Å²) in [6.07, 6.45) is 1.88. The van der Waals surface area contributed by atoms with Gasteiger partial charge in [-0.15, -0.1) is 0 Å². The summed E-state index contributed by atoms with van der Waals surface area (Å²) >= 11 is 0. The molecule has 1 amide bonds. The Morgan fingerprint density at radius 3 is 2.16 bits per heavy atom. The number of rotatable bonds is 6. The first-order valence-corrected chi connectivity index (χ1v) is 12.4. The molecule has 166 valence electrons. The van der Waals surface area contributed by atoms with Crippen LogP contribution in [0, 0.1) is 0 Å². The zero-order chi connectivity index (χ0) is 22.7. The van der Waals surface area contributed by atoms with Crippen molar-refractivity contribution < 1.29 is 17.9 Å². The van der Waals surface area contributed by atoms with E-state index in [2.05, 4.69) is 6.07 Å². The Morgan fingerprint density at radius 2 is 1.50 bits per heavy atom. The number of hydrogen-bond acceptors (Lipinski definition) is 4. The number of anilines is 1. The third-order valence-electron chi connectivity index (χ3n) is 5.58. The largest absolute Gasteiger partial charge is 0.457 e. The topological polar surface area (TPSA) is 66.9 Å². The van der Waals surface area contributed by atoms with Crippen LogP contribution in [-0.4, -0.2) is 38.1 Å². The summed E-state index contributed by atoms with van der Waals surface area (Å²) in [5.74, 6) is 1.06. The number of hydrogen-bond donors (Lipinski definition) is 0. The van der Waals surface area contributed by atoms with Gasteiger partial charge in [-0.3, -0.25) is 9.10 Å². The molecule has 0 bridgehead atoms. The molecule has 0 spiro atoms. The van der Waals surface area contributed by atoms with Crippen molar-refractivity contribution in [2.45, 2.75) is 25.9 Å². The van der Waals surface area contributed by atoms with Gasteiger partial charge in [0.25, 0.3) is 0 Å². The van der Waals surface area contributed by atoms with Gasteiger partial charge in [0.2, 0.25) is 15.9 Å². The third kappa shape index (κ3) is 4.78. The van der Waals surface area contributed by atoms with Crippen LogP contribution in [-0.2, 0) is 27.8 Å². The van der Waals surface area contributed by atoms with Gasteiger partial charge in [-0.1, -0.05) is 42.5 Å². The van der Waals surface area contributed by atoms with Crippen LogP contribution in [0.1, 0.15) is 18.1 Å². The molecule has 32 heavy (non-hydrogen) atoms. The molecule has 0 radical (unpaired) electrons. The highest BCUT2D eigenvalue weighted by Crippen LogP contribution is 2.28. The van der Waals surface area contributed by atoms with Crippen molar-refractivity contribution in [3.8, 4) is 11.5 Å². The van der Waals surface area contributed by atoms with Crippen LogP contribution < -0.4 is 9.04 Å². The molecule has 3 aromatic carbocycles. The SMILES string of the molecule is C[C@@H](C(=O)N1CCc2ccccc2C1)N(c1ccc(Oc2ccccc2)cc1)S(C)(=O)=O. The summed E-state index contributed by atoms with van der Waals surface area (Å²) in [6.45, 7) is 2.70. The molecule has 1 heterocycles. The summed E-state index contributed by atoms with van der Waals surface area (Å²) in [5.41, 5.74) is 2.76. The summed E-state index contributed by atoms with van der Waals surface area (Å²) < 4.78 is 32.3. The monoisotopic (exact) mass is 450 g/mol. The summed E-state index contributed by atoms with van der Waals surface area (Å²) in [6, 6.07) is 23.2. The highest BCUT2D eigenvalue weighted by molar-refractivity contribution is 7.92. The minimum atomic E-state index is -3.69. The van der Waals surface area contributed by atoms with Gasteiger partial charge in [0, 0.05) is 13.1 Å². The van der Waals surface area contributed by atoms with Crippen molar-refractivity contribution in [3.05, 3.63) is 90.0 Å². The lowest BCUT2D eigenvalue weighted by molar-refractivity contribution is -0.132. The molecule has 1 aliphatic heterocycles. The lowest BCUT2D eigenvalue weighted by Gasteiger charge is -2.35. The molecular weight excluding hydrogens is 424 g/mol. The molecule has 0 N–H and O–H groups in total. The molecule has 6 nitrogen and oxygen atoms in total. The van der Waals surface area contributed by atoms with E-state index >= 15 is 0 Å². The van der Waals surface area contributed by atoms with E-state index in [0.717, 1.165) is 18.2 Å². The number of amides is 1. The zero-order valence-corrected chi connectivity index (χ0v) is 19.0. The third-order valence-corrected chi connectivity index (χ3v) is 6.82. The summed E-state index contributed by atoms with van der Waals surface area (Å²) in [5, 5.41) is 0. The van der Waals surface area contributed by atoms with Gasteiger partial charge in [0.1, 0.15) is 17.5 Å². The van der Waals surface area contributed by atoms with E-state index in [0.29, 0.717) is 30.3 Å². The van der Waals surface area contributed by atoms with Gasteiger partial charge < -0.3 is 9.64 Å². The molecule has 1 aliphatic rings. The van der Waals surface area contributed by atoms with Gasteiger partial charge in [-0.25, -0.2) is 8.42 Å².